The van der Waals surface area contributed by atoms with Gasteiger partial charge in [0.1, 0.15) is 11.5 Å². The summed E-state index contributed by atoms with van der Waals surface area (Å²) >= 11 is 0. The number of aromatic carboxylic acids is 1. The van der Waals surface area contributed by atoms with E-state index >= 15 is 0 Å². The Morgan fingerprint density at radius 1 is 0.862 bits per heavy atom. The Morgan fingerprint density at radius 3 is 2.14 bits per heavy atom. The number of hydrogen-bond acceptors (Lipinski definition) is 4. The topological polar surface area (TPSA) is 83.9 Å². The number of carboxylic acids is 1. The molecule has 0 unspecified atom stereocenters. The van der Waals surface area contributed by atoms with Gasteiger partial charge in [0.25, 0.3) is 11.8 Å². The quantitative estimate of drug-likeness (QED) is 0.650. The molecule has 0 saturated heterocycles. The van der Waals surface area contributed by atoms with Crippen LogP contribution in [0.4, 0.5) is 0 Å². The van der Waals surface area contributed by atoms with Gasteiger partial charge in [0.2, 0.25) is 0 Å². The first-order chi connectivity index (χ1) is 14.0. The van der Waals surface area contributed by atoms with Crippen LogP contribution in [-0.4, -0.2) is 27.8 Å². The van der Waals surface area contributed by atoms with Gasteiger partial charge in [-0.1, -0.05) is 30.3 Å². The van der Waals surface area contributed by atoms with Gasteiger partial charge in [-0.25, -0.2) is 4.79 Å². The third kappa shape index (κ3) is 3.36. The van der Waals surface area contributed by atoms with Gasteiger partial charge < -0.3 is 9.84 Å². The molecule has 2 amide bonds. The van der Waals surface area contributed by atoms with E-state index in [-0.39, 0.29) is 22.9 Å². The Balaban J connectivity index is 1.59. The molecular weight excluding hydrogens is 370 g/mol. The number of hydrogen-bond donors (Lipinski definition) is 1. The van der Waals surface area contributed by atoms with Gasteiger partial charge in [0.05, 0.1) is 22.7 Å². The second kappa shape index (κ2) is 7.24. The predicted octanol–water partition coefficient (Wildman–Crippen LogP) is 4.53. The zero-order valence-corrected chi connectivity index (χ0v) is 15.5. The molecule has 1 atom stereocenters. The summed E-state index contributed by atoms with van der Waals surface area (Å²) in [5, 5.41) is 8.96. The first-order valence-corrected chi connectivity index (χ1v) is 9.04. The predicted molar refractivity (Wildman–Crippen MR) is 105 cm³/mol. The van der Waals surface area contributed by atoms with Crippen molar-refractivity contribution in [3.05, 3.63) is 95.1 Å². The molecule has 29 heavy (non-hydrogen) atoms. The van der Waals surface area contributed by atoms with Gasteiger partial charge >= 0.3 is 5.97 Å². The van der Waals surface area contributed by atoms with E-state index in [2.05, 4.69) is 0 Å². The standard InChI is InChI=1S/C23H17NO5/c1-14(15-5-3-2-4-6-15)24-21(25)19-12-11-18(13-20(19)22(24)26)29-17-9-7-16(8-10-17)23(27)28/h2-14H,1H3,(H,27,28)/t14-/m1/s1. The zero-order valence-electron chi connectivity index (χ0n) is 15.5. The second-order valence-electron chi connectivity index (χ2n) is 6.71. The number of carbonyl (C=O) groups excluding carboxylic acids is 2. The Morgan fingerprint density at radius 2 is 1.48 bits per heavy atom. The number of carbonyl (C=O) groups is 3. The summed E-state index contributed by atoms with van der Waals surface area (Å²) in [4.78, 5) is 37.9. The number of benzene rings is 3. The lowest BCUT2D eigenvalue weighted by atomic mass is 10.1. The number of imide groups is 1. The average molecular weight is 387 g/mol. The van der Waals surface area contributed by atoms with Crippen molar-refractivity contribution >= 4 is 17.8 Å². The lowest BCUT2D eigenvalue weighted by Gasteiger charge is -2.22. The molecule has 0 radical (unpaired) electrons. The maximum atomic E-state index is 12.9. The van der Waals surface area contributed by atoms with Crippen LogP contribution in [0.25, 0.3) is 0 Å². The van der Waals surface area contributed by atoms with Gasteiger partial charge in [-0.15, -0.1) is 0 Å². The van der Waals surface area contributed by atoms with Crippen LogP contribution in [0, 0.1) is 0 Å². The van der Waals surface area contributed by atoms with Crippen molar-refractivity contribution in [3.63, 3.8) is 0 Å². The minimum absolute atomic E-state index is 0.151. The Labute approximate surface area is 167 Å². The maximum absolute atomic E-state index is 12.9. The number of amides is 2. The van der Waals surface area contributed by atoms with Gasteiger partial charge in [-0.2, -0.15) is 0 Å². The van der Waals surface area contributed by atoms with Crippen LogP contribution in [0.3, 0.4) is 0 Å². The van der Waals surface area contributed by atoms with E-state index in [1.165, 1.54) is 29.2 Å². The molecule has 1 aliphatic rings. The summed E-state index contributed by atoms with van der Waals surface area (Å²) < 4.78 is 5.73. The van der Waals surface area contributed by atoms with E-state index in [0.29, 0.717) is 17.1 Å². The highest BCUT2D eigenvalue weighted by Crippen LogP contribution is 2.34. The second-order valence-corrected chi connectivity index (χ2v) is 6.71. The normalized spacial score (nSPS) is 13.9. The molecule has 0 bridgehead atoms. The minimum Gasteiger partial charge on any atom is -0.478 e. The fourth-order valence-corrected chi connectivity index (χ4v) is 3.34. The molecule has 1 heterocycles. The van der Waals surface area contributed by atoms with Crippen LogP contribution in [0.2, 0.25) is 0 Å². The van der Waals surface area contributed by atoms with Crippen molar-refractivity contribution in [2.75, 3.05) is 0 Å². The van der Waals surface area contributed by atoms with E-state index in [1.54, 1.807) is 18.2 Å². The molecule has 144 valence electrons. The highest BCUT2D eigenvalue weighted by atomic mass is 16.5. The molecule has 3 aromatic carbocycles. The molecule has 3 aromatic rings. The van der Waals surface area contributed by atoms with E-state index in [9.17, 15) is 14.4 Å². The van der Waals surface area contributed by atoms with Gasteiger partial charge in [0.15, 0.2) is 0 Å². The first kappa shape index (κ1) is 18.4. The fraction of sp³-hybridized carbons (Fsp3) is 0.0870. The average Bonchev–Trinajstić information content (AvgIpc) is 2.98. The van der Waals surface area contributed by atoms with Crippen LogP contribution in [-0.2, 0) is 0 Å². The smallest absolute Gasteiger partial charge is 0.335 e. The number of rotatable bonds is 5. The number of ether oxygens (including phenoxy) is 1. The summed E-state index contributed by atoms with van der Waals surface area (Å²) in [6.07, 6.45) is 0. The lowest BCUT2D eigenvalue weighted by Crippen LogP contribution is -2.32. The summed E-state index contributed by atoms with van der Waals surface area (Å²) in [5.41, 5.74) is 1.65. The molecule has 0 aliphatic carbocycles. The Hall–Kier alpha value is -3.93. The molecule has 6 nitrogen and oxygen atoms in total. The molecule has 0 spiro atoms. The van der Waals surface area contributed by atoms with Gasteiger partial charge in [0, 0.05) is 0 Å². The molecule has 0 saturated carbocycles. The van der Waals surface area contributed by atoms with Crippen LogP contribution in [0.5, 0.6) is 11.5 Å². The van der Waals surface area contributed by atoms with E-state index in [4.69, 9.17) is 9.84 Å². The highest BCUT2D eigenvalue weighted by molar-refractivity contribution is 6.21. The minimum atomic E-state index is -1.02. The molecular formula is C23H17NO5. The van der Waals surface area contributed by atoms with Crippen LogP contribution < -0.4 is 4.74 Å². The third-order valence-electron chi connectivity index (χ3n) is 4.90. The van der Waals surface area contributed by atoms with E-state index < -0.39 is 12.0 Å². The van der Waals surface area contributed by atoms with Gasteiger partial charge in [-0.3, -0.25) is 14.5 Å². The van der Waals surface area contributed by atoms with Crippen LogP contribution >= 0.6 is 0 Å². The van der Waals surface area contributed by atoms with Crippen molar-refractivity contribution in [1.29, 1.82) is 0 Å². The summed E-state index contributed by atoms with van der Waals surface area (Å²) in [5.74, 6) is -0.902. The first-order valence-electron chi connectivity index (χ1n) is 9.04. The molecule has 0 aromatic heterocycles. The van der Waals surface area contributed by atoms with Crippen molar-refractivity contribution < 1.29 is 24.2 Å². The summed E-state index contributed by atoms with van der Waals surface area (Å²) in [7, 11) is 0. The molecule has 6 heteroatoms. The fourth-order valence-electron chi connectivity index (χ4n) is 3.34. The van der Waals surface area contributed by atoms with Crippen molar-refractivity contribution in [1.82, 2.24) is 4.90 Å². The number of carboxylic acid groups (broad SMARTS) is 1. The van der Waals surface area contributed by atoms with E-state index in [1.807, 2.05) is 37.3 Å². The number of fused-ring (bicyclic) bond motifs is 1. The summed E-state index contributed by atoms with van der Waals surface area (Å²) in [6.45, 7) is 1.82. The van der Waals surface area contributed by atoms with E-state index in [0.717, 1.165) is 5.56 Å². The maximum Gasteiger partial charge on any atom is 0.335 e. The largest absolute Gasteiger partial charge is 0.478 e. The monoisotopic (exact) mass is 387 g/mol. The lowest BCUT2D eigenvalue weighted by molar-refractivity contribution is 0.0593. The highest BCUT2D eigenvalue weighted by Gasteiger charge is 2.39. The Kier molecular flexibility index (Phi) is 4.60. The van der Waals surface area contributed by atoms with Crippen molar-refractivity contribution in [2.24, 2.45) is 0 Å². The van der Waals surface area contributed by atoms with Gasteiger partial charge in [-0.05, 0) is 55.0 Å². The zero-order chi connectivity index (χ0) is 20.5. The Bertz CT molecular complexity index is 1110. The SMILES string of the molecule is C[C@H](c1ccccc1)N1C(=O)c2ccc(Oc3ccc(C(=O)O)cc3)cc2C1=O. The molecule has 4 rings (SSSR count). The summed E-state index contributed by atoms with van der Waals surface area (Å²) in [6, 6.07) is 19.7. The van der Waals surface area contributed by atoms with Crippen molar-refractivity contribution in [2.45, 2.75) is 13.0 Å². The van der Waals surface area contributed by atoms with Crippen LogP contribution in [0.1, 0.15) is 49.6 Å². The number of nitrogens with zero attached hydrogens (tertiary/aromatic N) is 1. The van der Waals surface area contributed by atoms with Crippen molar-refractivity contribution in [3.8, 4) is 11.5 Å². The third-order valence-corrected chi connectivity index (χ3v) is 4.90. The van der Waals surface area contributed by atoms with Crippen LogP contribution in [0.15, 0.2) is 72.8 Å². The molecule has 1 N–H and O–H groups in total. The molecule has 0 fully saturated rings. The molecule has 1 aliphatic heterocycles.